The highest BCUT2D eigenvalue weighted by Gasteiger charge is 2.42. The van der Waals surface area contributed by atoms with Gasteiger partial charge in [-0.15, -0.1) is 0 Å². The Balaban J connectivity index is 1.78. The average molecular weight is 277 g/mol. The number of Topliss-reactive ketones (excluding diaryl/α,β-unsaturated/α-hetero) is 1. The zero-order valence-corrected chi connectivity index (χ0v) is 12.0. The molecule has 1 aromatic heterocycles. The Bertz CT molecular complexity index is 483. The maximum Gasteiger partial charge on any atom is 0.184 e. The van der Waals surface area contributed by atoms with Crippen molar-refractivity contribution in [3.63, 3.8) is 0 Å². The Morgan fingerprint density at radius 3 is 3.21 bits per heavy atom. The van der Waals surface area contributed by atoms with Gasteiger partial charge in [0.2, 0.25) is 0 Å². The number of hydrogen-bond acceptors (Lipinski definition) is 4. The van der Waals surface area contributed by atoms with E-state index in [1.54, 1.807) is 6.20 Å². The van der Waals surface area contributed by atoms with Gasteiger partial charge in [-0.3, -0.25) is 9.78 Å². The largest absolute Gasteiger partial charge is 0.374 e. The van der Waals surface area contributed by atoms with Crippen LogP contribution >= 0.6 is 11.8 Å². The molecule has 0 radical (unpaired) electrons. The van der Waals surface area contributed by atoms with Crippen LogP contribution < -0.4 is 0 Å². The van der Waals surface area contributed by atoms with Crippen LogP contribution in [0.4, 0.5) is 0 Å². The maximum absolute atomic E-state index is 12.6. The molecule has 0 aromatic carbocycles. The Kier molecular flexibility index (Phi) is 3.63. The molecule has 1 aromatic rings. The number of aryl methyl sites for hydroxylation is 1. The van der Waals surface area contributed by atoms with E-state index < -0.39 is 0 Å². The highest BCUT2D eigenvalue weighted by Crippen LogP contribution is 2.41. The molecule has 0 aliphatic carbocycles. The SMILES string of the molecule is Cc1cccnc1C(=O)C1CCOC2(CCSC2)C1. The van der Waals surface area contributed by atoms with Gasteiger partial charge in [0.1, 0.15) is 5.69 Å². The van der Waals surface area contributed by atoms with Crippen LogP contribution in [0.25, 0.3) is 0 Å². The van der Waals surface area contributed by atoms with E-state index in [1.807, 2.05) is 30.8 Å². The molecular weight excluding hydrogens is 258 g/mol. The fraction of sp³-hybridized carbons (Fsp3) is 0.600. The van der Waals surface area contributed by atoms with Gasteiger partial charge in [0, 0.05) is 24.5 Å². The van der Waals surface area contributed by atoms with E-state index in [-0.39, 0.29) is 17.3 Å². The number of ether oxygens (including phenoxy) is 1. The van der Waals surface area contributed by atoms with E-state index >= 15 is 0 Å². The van der Waals surface area contributed by atoms with Crippen molar-refractivity contribution in [3.05, 3.63) is 29.6 Å². The molecule has 3 heterocycles. The molecule has 102 valence electrons. The van der Waals surface area contributed by atoms with Crippen LogP contribution in [0, 0.1) is 12.8 Å². The minimum absolute atomic E-state index is 0.0358. The van der Waals surface area contributed by atoms with Crippen LogP contribution in [0.15, 0.2) is 18.3 Å². The third-order valence-electron chi connectivity index (χ3n) is 4.17. The molecule has 1 spiro atoms. The predicted octanol–water partition coefficient (Wildman–Crippen LogP) is 2.88. The van der Waals surface area contributed by atoms with E-state index in [4.69, 9.17) is 4.74 Å². The summed E-state index contributed by atoms with van der Waals surface area (Å²) in [6, 6.07) is 3.84. The smallest absolute Gasteiger partial charge is 0.184 e. The Morgan fingerprint density at radius 1 is 1.58 bits per heavy atom. The molecule has 3 nitrogen and oxygen atoms in total. The molecule has 19 heavy (non-hydrogen) atoms. The predicted molar refractivity (Wildman–Crippen MR) is 76.7 cm³/mol. The Hall–Kier alpha value is -0.870. The van der Waals surface area contributed by atoms with Gasteiger partial charge in [-0.1, -0.05) is 6.07 Å². The van der Waals surface area contributed by atoms with E-state index in [0.717, 1.165) is 36.3 Å². The number of thioether (sulfide) groups is 1. The Labute approximate surface area is 118 Å². The molecule has 2 unspecified atom stereocenters. The fourth-order valence-corrected chi connectivity index (χ4v) is 4.43. The number of hydrogen-bond donors (Lipinski definition) is 0. The lowest BCUT2D eigenvalue weighted by Crippen LogP contribution is -2.42. The molecule has 0 saturated carbocycles. The van der Waals surface area contributed by atoms with Crippen molar-refractivity contribution in [1.82, 2.24) is 4.98 Å². The summed E-state index contributed by atoms with van der Waals surface area (Å²) >= 11 is 1.94. The summed E-state index contributed by atoms with van der Waals surface area (Å²) in [5.74, 6) is 2.49. The number of rotatable bonds is 2. The molecular formula is C15H19NO2S. The first-order valence-corrected chi connectivity index (χ1v) is 8.03. The average Bonchev–Trinajstić information content (AvgIpc) is 2.86. The van der Waals surface area contributed by atoms with Gasteiger partial charge in [0.05, 0.1) is 5.60 Å². The fourth-order valence-electron chi connectivity index (χ4n) is 3.05. The molecule has 0 bridgehead atoms. The summed E-state index contributed by atoms with van der Waals surface area (Å²) in [6.45, 7) is 2.67. The van der Waals surface area contributed by atoms with Crippen molar-refractivity contribution < 1.29 is 9.53 Å². The number of nitrogens with zero attached hydrogens (tertiary/aromatic N) is 1. The van der Waals surface area contributed by atoms with Gasteiger partial charge >= 0.3 is 0 Å². The van der Waals surface area contributed by atoms with E-state index in [0.29, 0.717) is 12.3 Å². The van der Waals surface area contributed by atoms with Crippen LogP contribution in [0.5, 0.6) is 0 Å². The number of carbonyl (C=O) groups excluding carboxylic acids is 1. The lowest BCUT2D eigenvalue weighted by Gasteiger charge is -2.37. The van der Waals surface area contributed by atoms with Crippen molar-refractivity contribution in [2.75, 3.05) is 18.1 Å². The summed E-state index contributed by atoms with van der Waals surface area (Å²) in [7, 11) is 0. The molecule has 2 fully saturated rings. The molecule has 2 aliphatic heterocycles. The molecule has 4 heteroatoms. The monoisotopic (exact) mass is 277 g/mol. The minimum Gasteiger partial charge on any atom is -0.374 e. The topological polar surface area (TPSA) is 39.2 Å². The highest BCUT2D eigenvalue weighted by atomic mass is 32.2. The molecule has 2 saturated heterocycles. The lowest BCUT2D eigenvalue weighted by atomic mass is 9.81. The number of pyridine rings is 1. The summed E-state index contributed by atoms with van der Waals surface area (Å²) in [5, 5.41) is 0. The van der Waals surface area contributed by atoms with Crippen molar-refractivity contribution in [2.24, 2.45) is 5.92 Å². The zero-order valence-electron chi connectivity index (χ0n) is 11.2. The van der Waals surface area contributed by atoms with Crippen LogP contribution in [-0.4, -0.2) is 34.5 Å². The summed E-state index contributed by atoms with van der Waals surface area (Å²) in [6.07, 6.45) is 4.50. The van der Waals surface area contributed by atoms with Crippen LogP contribution in [-0.2, 0) is 4.74 Å². The van der Waals surface area contributed by atoms with Crippen molar-refractivity contribution >= 4 is 17.5 Å². The van der Waals surface area contributed by atoms with Gasteiger partial charge in [0.15, 0.2) is 5.78 Å². The molecule has 0 N–H and O–H groups in total. The first kappa shape index (κ1) is 13.1. The quantitative estimate of drug-likeness (QED) is 0.779. The third kappa shape index (κ3) is 2.56. The molecule has 3 rings (SSSR count). The number of carbonyl (C=O) groups is 1. The van der Waals surface area contributed by atoms with Crippen LogP contribution in [0.3, 0.4) is 0 Å². The van der Waals surface area contributed by atoms with Gasteiger partial charge < -0.3 is 4.74 Å². The van der Waals surface area contributed by atoms with Gasteiger partial charge in [-0.2, -0.15) is 11.8 Å². The summed E-state index contributed by atoms with van der Waals surface area (Å²) < 4.78 is 5.98. The highest BCUT2D eigenvalue weighted by molar-refractivity contribution is 7.99. The first-order chi connectivity index (χ1) is 9.20. The van der Waals surface area contributed by atoms with Crippen molar-refractivity contribution in [1.29, 1.82) is 0 Å². The Morgan fingerprint density at radius 2 is 2.47 bits per heavy atom. The summed E-state index contributed by atoms with van der Waals surface area (Å²) in [5.41, 5.74) is 1.59. The van der Waals surface area contributed by atoms with E-state index in [9.17, 15) is 4.79 Å². The third-order valence-corrected chi connectivity index (χ3v) is 5.40. The van der Waals surface area contributed by atoms with E-state index in [2.05, 4.69) is 4.98 Å². The molecule has 2 atom stereocenters. The first-order valence-electron chi connectivity index (χ1n) is 6.88. The maximum atomic E-state index is 12.6. The number of aromatic nitrogens is 1. The summed E-state index contributed by atoms with van der Waals surface area (Å²) in [4.78, 5) is 16.9. The normalized spacial score (nSPS) is 30.7. The van der Waals surface area contributed by atoms with Gasteiger partial charge in [-0.25, -0.2) is 0 Å². The second-order valence-electron chi connectivity index (χ2n) is 5.56. The van der Waals surface area contributed by atoms with E-state index in [1.165, 1.54) is 0 Å². The zero-order chi connectivity index (χ0) is 13.3. The second-order valence-corrected chi connectivity index (χ2v) is 6.66. The molecule has 0 amide bonds. The van der Waals surface area contributed by atoms with Crippen LogP contribution in [0.1, 0.15) is 35.3 Å². The second kappa shape index (κ2) is 5.25. The standard InChI is InChI=1S/C15H19NO2S/c1-11-3-2-6-16-13(11)14(17)12-4-7-18-15(9-12)5-8-19-10-15/h2-3,6,12H,4-5,7-10H2,1H3. The van der Waals surface area contributed by atoms with Gasteiger partial charge in [0.25, 0.3) is 0 Å². The van der Waals surface area contributed by atoms with Crippen LogP contribution in [0.2, 0.25) is 0 Å². The van der Waals surface area contributed by atoms with Crippen molar-refractivity contribution in [2.45, 2.75) is 31.8 Å². The molecule has 2 aliphatic rings. The lowest BCUT2D eigenvalue weighted by molar-refractivity contribution is -0.0735. The van der Waals surface area contributed by atoms with Crippen molar-refractivity contribution in [3.8, 4) is 0 Å². The number of ketones is 1. The van der Waals surface area contributed by atoms with Gasteiger partial charge in [-0.05, 0) is 43.6 Å². The minimum atomic E-state index is -0.0358.